The fraction of sp³-hybridized carbons (Fsp3) is 0.267. The van der Waals surface area contributed by atoms with Gasteiger partial charge in [-0.25, -0.2) is 4.98 Å². The Kier molecular flexibility index (Phi) is 3.57. The lowest BCUT2D eigenvalue weighted by Gasteiger charge is -2.08. The maximum absolute atomic E-state index is 5.83. The second-order valence-corrected chi connectivity index (χ2v) is 6.14. The molecule has 6 heteroatoms. The van der Waals surface area contributed by atoms with Crippen molar-refractivity contribution >= 4 is 11.3 Å². The average molecular weight is 299 g/mol. The molecular formula is C15H17N5S. The van der Waals surface area contributed by atoms with Gasteiger partial charge >= 0.3 is 0 Å². The Morgan fingerprint density at radius 1 is 1.19 bits per heavy atom. The van der Waals surface area contributed by atoms with Crippen LogP contribution in [0.1, 0.15) is 21.8 Å². The molecule has 2 heterocycles. The van der Waals surface area contributed by atoms with Crippen LogP contribution < -0.4 is 5.73 Å². The number of nitrogens with two attached hydrogens (primary N) is 1. The summed E-state index contributed by atoms with van der Waals surface area (Å²) >= 11 is 1.61. The highest BCUT2D eigenvalue weighted by Gasteiger charge is 2.19. The molecule has 2 aromatic heterocycles. The molecule has 0 aliphatic carbocycles. The van der Waals surface area contributed by atoms with E-state index in [0.717, 1.165) is 27.8 Å². The van der Waals surface area contributed by atoms with Crippen molar-refractivity contribution in [2.45, 2.75) is 27.3 Å². The smallest absolute Gasteiger partial charge is 0.212 e. The minimum Gasteiger partial charge on any atom is -0.325 e. The largest absolute Gasteiger partial charge is 0.325 e. The van der Waals surface area contributed by atoms with Gasteiger partial charge in [-0.15, -0.1) is 5.10 Å². The third-order valence-corrected chi connectivity index (χ3v) is 4.58. The van der Waals surface area contributed by atoms with Crippen molar-refractivity contribution in [1.29, 1.82) is 0 Å². The second-order valence-electron chi connectivity index (χ2n) is 4.95. The van der Waals surface area contributed by atoms with E-state index in [1.165, 1.54) is 10.4 Å². The van der Waals surface area contributed by atoms with Crippen LogP contribution in [0.4, 0.5) is 0 Å². The van der Waals surface area contributed by atoms with E-state index in [-0.39, 0.29) is 0 Å². The number of rotatable bonds is 3. The van der Waals surface area contributed by atoms with Crippen LogP contribution >= 0.6 is 11.3 Å². The molecule has 0 saturated heterocycles. The molecule has 21 heavy (non-hydrogen) atoms. The number of aryl methyl sites for hydroxylation is 3. The Labute approximate surface area is 127 Å². The zero-order chi connectivity index (χ0) is 15.0. The van der Waals surface area contributed by atoms with E-state index in [0.29, 0.717) is 6.54 Å². The Morgan fingerprint density at radius 2 is 1.95 bits per heavy atom. The second kappa shape index (κ2) is 5.38. The Balaban J connectivity index is 2.24. The van der Waals surface area contributed by atoms with Crippen LogP contribution in [0.25, 0.3) is 16.4 Å². The molecule has 0 spiro atoms. The molecule has 0 amide bonds. The quantitative estimate of drug-likeness (QED) is 0.807. The summed E-state index contributed by atoms with van der Waals surface area (Å²) in [5.41, 5.74) is 10.8. The lowest BCUT2D eigenvalue weighted by Crippen LogP contribution is -2.03. The molecular weight excluding hydrogens is 282 g/mol. The topological polar surface area (TPSA) is 69.6 Å². The molecule has 0 radical (unpaired) electrons. The first kappa shape index (κ1) is 13.9. The van der Waals surface area contributed by atoms with E-state index >= 15 is 0 Å². The number of nitrogens with zero attached hydrogens (tertiary/aromatic N) is 4. The fourth-order valence-corrected chi connectivity index (χ4v) is 3.10. The Morgan fingerprint density at radius 3 is 2.57 bits per heavy atom. The van der Waals surface area contributed by atoms with Crippen LogP contribution in [0.5, 0.6) is 0 Å². The van der Waals surface area contributed by atoms with Gasteiger partial charge in [0, 0.05) is 17.0 Å². The minimum atomic E-state index is 0.354. The molecule has 0 unspecified atom stereocenters. The third kappa shape index (κ3) is 2.36. The number of benzene rings is 1. The van der Waals surface area contributed by atoms with E-state index in [2.05, 4.69) is 41.3 Å². The summed E-state index contributed by atoms with van der Waals surface area (Å²) in [6.45, 7) is 6.49. The van der Waals surface area contributed by atoms with Crippen molar-refractivity contribution in [2.75, 3.05) is 0 Å². The van der Waals surface area contributed by atoms with Crippen molar-refractivity contribution in [2.24, 2.45) is 5.73 Å². The first-order valence-corrected chi connectivity index (χ1v) is 7.58. The van der Waals surface area contributed by atoms with Gasteiger partial charge in [0.2, 0.25) is 5.13 Å². The van der Waals surface area contributed by atoms with Crippen LogP contribution in [0.3, 0.4) is 0 Å². The first-order valence-electron chi connectivity index (χ1n) is 6.77. The summed E-state index contributed by atoms with van der Waals surface area (Å²) in [6.07, 6.45) is 0. The summed E-state index contributed by atoms with van der Waals surface area (Å²) in [4.78, 5) is 5.77. The van der Waals surface area contributed by atoms with Gasteiger partial charge in [-0.2, -0.15) is 4.68 Å². The molecule has 5 nitrogen and oxygen atoms in total. The van der Waals surface area contributed by atoms with Crippen LogP contribution in [-0.2, 0) is 6.54 Å². The maximum Gasteiger partial charge on any atom is 0.212 e. The summed E-state index contributed by atoms with van der Waals surface area (Å²) in [5, 5.41) is 9.31. The van der Waals surface area contributed by atoms with Crippen molar-refractivity contribution in [3.63, 3.8) is 0 Å². The van der Waals surface area contributed by atoms with Crippen LogP contribution in [-0.4, -0.2) is 20.0 Å². The van der Waals surface area contributed by atoms with E-state index in [4.69, 9.17) is 5.73 Å². The summed E-state index contributed by atoms with van der Waals surface area (Å²) in [7, 11) is 0. The fourth-order valence-electron chi connectivity index (χ4n) is 2.24. The van der Waals surface area contributed by atoms with Crippen molar-refractivity contribution in [3.8, 4) is 16.4 Å². The molecule has 2 N–H and O–H groups in total. The predicted octanol–water partition coefficient (Wildman–Crippen LogP) is 2.77. The molecule has 0 aliphatic heterocycles. The van der Waals surface area contributed by atoms with Crippen molar-refractivity contribution in [1.82, 2.24) is 20.0 Å². The van der Waals surface area contributed by atoms with Gasteiger partial charge in [-0.1, -0.05) is 40.8 Å². The standard InChI is InChI=1S/C15H17N5S/c1-9-6-4-5-7-12(9)14-13(8-16)18-19-20(14)15-17-10(2)11(3)21-15/h4-7H,8,16H2,1-3H3. The van der Waals surface area contributed by atoms with Gasteiger partial charge in [0.05, 0.1) is 5.69 Å². The van der Waals surface area contributed by atoms with Gasteiger partial charge in [-0.3, -0.25) is 0 Å². The van der Waals surface area contributed by atoms with Gasteiger partial charge < -0.3 is 5.73 Å². The predicted molar refractivity (Wildman–Crippen MR) is 84.6 cm³/mol. The molecule has 0 aliphatic rings. The van der Waals surface area contributed by atoms with E-state index in [9.17, 15) is 0 Å². The van der Waals surface area contributed by atoms with Crippen molar-refractivity contribution < 1.29 is 0 Å². The molecule has 3 rings (SSSR count). The molecule has 0 bridgehead atoms. The van der Waals surface area contributed by atoms with E-state index in [1.807, 2.05) is 19.1 Å². The van der Waals surface area contributed by atoms with E-state index in [1.54, 1.807) is 16.0 Å². The highest BCUT2D eigenvalue weighted by Crippen LogP contribution is 2.30. The van der Waals surface area contributed by atoms with Crippen LogP contribution in [0.15, 0.2) is 24.3 Å². The van der Waals surface area contributed by atoms with Crippen LogP contribution in [0.2, 0.25) is 0 Å². The first-order chi connectivity index (χ1) is 10.1. The highest BCUT2D eigenvalue weighted by atomic mass is 32.1. The normalized spacial score (nSPS) is 11.0. The summed E-state index contributed by atoms with van der Waals surface area (Å²) in [6, 6.07) is 8.17. The monoisotopic (exact) mass is 299 g/mol. The number of hydrogen-bond acceptors (Lipinski definition) is 5. The van der Waals surface area contributed by atoms with Gasteiger partial charge in [0.1, 0.15) is 11.4 Å². The Hall–Kier alpha value is -2.05. The minimum absolute atomic E-state index is 0.354. The number of thiazole rings is 1. The molecule has 0 saturated carbocycles. The maximum atomic E-state index is 5.83. The molecule has 0 fully saturated rings. The zero-order valence-corrected chi connectivity index (χ0v) is 13.1. The lowest BCUT2D eigenvalue weighted by atomic mass is 10.0. The molecule has 108 valence electrons. The summed E-state index contributed by atoms with van der Waals surface area (Å²) in [5.74, 6) is 0. The van der Waals surface area contributed by atoms with Gasteiger partial charge in [0.15, 0.2) is 0 Å². The third-order valence-electron chi connectivity index (χ3n) is 3.53. The average Bonchev–Trinajstić information content (AvgIpc) is 3.03. The number of aromatic nitrogens is 4. The van der Waals surface area contributed by atoms with Crippen molar-refractivity contribution in [3.05, 3.63) is 46.1 Å². The SMILES string of the molecule is Cc1ccccc1-c1c(CN)nnn1-c1nc(C)c(C)s1. The molecule has 1 aromatic carbocycles. The highest BCUT2D eigenvalue weighted by molar-refractivity contribution is 7.14. The summed E-state index contributed by atoms with van der Waals surface area (Å²) < 4.78 is 1.80. The van der Waals surface area contributed by atoms with Gasteiger partial charge in [-0.05, 0) is 26.3 Å². The molecule has 0 atom stereocenters. The zero-order valence-electron chi connectivity index (χ0n) is 12.3. The van der Waals surface area contributed by atoms with E-state index < -0.39 is 0 Å². The van der Waals surface area contributed by atoms with Gasteiger partial charge in [0.25, 0.3) is 0 Å². The molecule has 3 aromatic rings. The van der Waals surface area contributed by atoms with Crippen LogP contribution in [0, 0.1) is 20.8 Å². The number of hydrogen-bond donors (Lipinski definition) is 1. The Bertz CT molecular complexity index is 768. The lowest BCUT2D eigenvalue weighted by molar-refractivity contribution is 0.792.